The molecule has 1 aliphatic carbocycles. The first-order valence-corrected chi connectivity index (χ1v) is 8.54. The number of rotatable bonds is 3. The first-order valence-electron chi connectivity index (χ1n) is 8.54. The van der Waals surface area contributed by atoms with E-state index in [4.69, 9.17) is 20.6 Å². The molecule has 128 valence electrons. The highest BCUT2D eigenvalue weighted by Crippen LogP contribution is 2.36. The number of allylic oxidation sites excluding steroid dienone is 1. The fourth-order valence-corrected chi connectivity index (χ4v) is 3.43. The fourth-order valence-electron chi connectivity index (χ4n) is 3.43. The van der Waals surface area contributed by atoms with Crippen LogP contribution in [0.2, 0.25) is 0 Å². The minimum absolute atomic E-state index is 0.0423. The number of fused-ring (bicyclic) bond motifs is 2. The van der Waals surface area contributed by atoms with E-state index in [1.807, 2.05) is 42.5 Å². The van der Waals surface area contributed by atoms with Gasteiger partial charge in [0.15, 0.2) is 6.61 Å². The zero-order valence-electron chi connectivity index (χ0n) is 14.2. The summed E-state index contributed by atoms with van der Waals surface area (Å²) in [5.41, 5.74) is 4.18. The van der Waals surface area contributed by atoms with Gasteiger partial charge < -0.3 is 9.15 Å². The third-order valence-electron chi connectivity index (χ3n) is 4.52. The van der Waals surface area contributed by atoms with E-state index in [0.717, 1.165) is 52.8 Å². The van der Waals surface area contributed by atoms with Gasteiger partial charge in [-0.25, -0.2) is 9.78 Å². The molecular formula is C22H17NO3. The molecule has 2 aromatic heterocycles. The molecule has 0 saturated heterocycles. The van der Waals surface area contributed by atoms with Crippen LogP contribution in [0.4, 0.5) is 0 Å². The van der Waals surface area contributed by atoms with Crippen molar-refractivity contribution in [3.05, 3.63) is 65.2 Å². The number of benzene rings is 1. The van der Waals surface area contributed by atoms with Gasteiger partial charge in [-0.15, -0.1) is 6.42 Å². The number of hydrogen-bond donors (Lipinski definition) is 0. The van der Waals surface area contributed by atoms with E-state index >= 15 is 0 Å². The third-order valence-corrected chi connectivity index (χ3v) is 4.52. The van der Waals surface area contributed by atoms with Crippen molar-refractivity contribution in [2.24, 2.45) is 0 Å². The predicted molar refractivity (Wildman–Crippen MR) is 100 cm³/mol. The van der Waals surface area contributed by atoms with Crippen LogP contribution in [-0.4, -0.2) is 17.6 Å². The Morgan fingerprint density at radius 1 is 1.27 bits per heavy atom. The molecule has 4 nitrogen and oxygen atoms in total. The largest absolute Gasteiger partial charge is 0.465 e. The number of carbonyl (C=O) groups is 1. The molecular weight excluding hydrogens is 326 g/mol. The molecule has 0 aliphatic heterocycles. The number of pyridine rings is 1. The van der Waals surface area contributed by atoms with Gasteiger partial charge in [-0.2, -0.15) is 0 Å². The Labute approximate surface area is 151 Å². The van der Waals surface area contributed by atoms with E-state index in [1.54, 1.807) is 6.26 Å². The third kappa shape index (κ3) is 2.89. The van der Waals surface area contributed by atoms with Crippen LogP contribution in [0.25, 0.3) is 22.6 Å². The number of ether oxygens (including phenoxy) is 1. The molecule has 0 N–H and O–H groups in total. The normalized spacial score (nSPS) is 14.8. The topological polar surface area (TPSA) is 52.3 Å². The van der Waals surface area contributed by atoms with Gasteiger partial charge in [-0.3, -0.25) is 0 Å². The zero-order valence-corrected chi connectivity index (χ0v) is 14.2. The summed E-state index contributed by atoms with van der Waals surface area (Å²) in [4.78, 5) is 17.6. The standard InChI is InChI=1S/C22H17NO3/c1-2-12-26-22(24)20-17-9-3-4-11-19(17)23-21-15(7-5-10-18(20)21)14-16-8-6-13-25-16/h1,3-4,6,8-9,11,13-14H,5,7,10,12H2/b15-14-. The molecule has 0 bridgehead atoms. The molecule has 0 atom stereocenters. The van der Waals surface area contributed by atoms with Gasteiger partial charge in [-0.1, -0.05) is 24.1 Å². The second-order valence-corrected chi connectivity index (χ2v) is 6.15. The maximum Gasteiger partial charge on any atom is 0.340 e. The van der Waals surface area contributed by atoms with Crippen LogP contribution in [0.5, 0.6) is 0 Å². The van der Waals surface area contributed by atoms with Crippen LogP contribution in [0, 0.1) is 12.3 Å². The molecule has 1 aliphatic rings. The SMILES string of the molecule is C#CCOC(=O)c1c2c(nc3ccccc13)/C(=C\c1ccco1)CCC2. The molecule has 3 aromatic rings. The van der Waals surface area contributed by atoms with Crippen molar-refractivity contribution in [3.63, 3.8) is 0 Å². The first kappa shape index (κ1) is 16.2. The summed E-state index contributed by atoms with van der Waals surface area (Å²) in [6.07, 6.45) is 11.5. The van der Waals surface area contributed by atoms with Gasteiger partial charge in [0.1, 0.15) is 5.76 Å². The highest BCUT2D eigenvalue weighted by atomic mass is 16.5. The average molecular weight is 343 g/mol. The summed E-state index contributed by atoms with van der Waals surface area (Å²) < 4.78 is 10.7. The Bertz CT molecular complexity index is 1040. The van der Waals surface area contributed by atoms with E-state index in [0.29, 0.717) is 5.56 Å². The Morgan fingerprint density at radius 2 is 2.15 bits per heavy atom. The van der Waals surface area contributed by atoms with Gasteiger partial charge in [-0.05, 0) is 54.7 Å². The highest BCUT2D eigenvalue weighted by Gasteiger charge is 2.26. The number of para-hydroxylation sites is 1. The monoisotopic (exact) mass is 343 g/mol. The highest BCUT2D eigenvalue weighted by molar-refractivity contribution is 6.06. The summed E-state index contributed by atoms with van der Waals surface area (Å²) >= 11 is 0. The molecule has 0 fully saturated rings. The molecule has 2 heterocycles. The van der Waals surface area contributed by atoms with E-state index in [1.165, 1.54) is 0 Å². The second kappa shape index (κ2) is 6.89. The van der Waals surface area contributed by atoms with E-state index in [9.17, 15) is 4.79 Å². The Hall–Kier alpha value is -3.32. The van der Waals surface area contributed by atoms with Gasteiger partial charge >= 0.3 is 5.97 Å². The van der Waals surface area contributed by atoms with Crippen molar-refractivity contribution >= 4 is 28.5 Å². The van der Waals surface area contributed by atoms with Gasteiger partial charge in [0.2, 0.25) is 0 Å². The number of aromatic nitrogens is 1. The quantitative estimate of drug-likeness (QED) is 0.519. The molecule has 0 unspecified atom stereocenters. The van der Waals surface area contributed by atoms with E-state index in [2.05, 4.69) is 5.92 Å². The van der Waals surface area contributed by atoms with E-state index in [-0.39, 0.29) is 6.61 Å². The molecule has 0 amide bonds. The molecule has 0 spiro atoms. The van der Waals surface area contributed by atoms with Crippen molar-refractivity contribution in [1.82, 2.24) is 4.98 Å². The van der Waals surface area contributed by atoms with Crippen molar-refractivity contribution < 1.29 is 13.9 Å². The van der Waals surface area contributed by atoms with Crippen LogP contribution in [0.3, 0.4) is 0 Å². The number of nitrogens with zero attached hydrogens (tertiary/aromatic N) is 1. The van der Waals surface area contributed by atoms with Crippen molar-refractivity contribution in [1.29, 1.82) is 0 Å². The Kier molecular flexibility index (Phi) is 4.28. The van der Waals surface area contributed by atoms with Gasteiger partial charge in [0, 0.05) is 5.39 Å². The van der Waals surface area contributed by atoms with Crippen LogP contribution in [-0.2, 0) is 11.2 Å². The number of hydrogen-bond acceptors (Lipinski definition) is 4. The lowest BCUT2D eigenvalue weighted by Crippen LogP contribution is -2.15. The van der Waals surface area contributed by atoms with Gasteiger partial charge in [0.25, 0.3) is 0 Å². The lowest BCUT2D eigenvalue weighted by Gasteiger charge is -2.22. The maximum absolute atomic E-state index is 12.7. The van der Waals surface area contributed by atoms with Crippen LogP contribution in [0.15, 0.2) is 47.1 Å². The molecule has 0 radical (unpaired) electrons. The maximum atomic E-state index is 12.7. The predicted octanol–water partition coefficient (Wildman–Crippen LogP) is 4.49. The van der Waals surface area contributed by atoms with Crippen LogP contribution < -0.4 is 0 Å². The van der Waals surface area contributed by atoms with Crippen LogP contribution >= 0.6 is 0 Å². The average Bonchev–Trinajstić information content (AvgIpc) is 3.18. The van der Waals surface area contributed by atoms with Gasteiger partial charge in [0.05, 0.1) is 23.0 Å². The molecule has 26 heavy (non-hydrogen) atoms. The summed E-state index contributed by atoms with van der Waals surface area (Å²) in [5, 5.41) is 0.799. The van der Waals surface area contributed by atoms with Crippen molar-refractivity contribution in [2.75, 3.05) is 6.61 Å². The molecule has 4 heteroatoms. The smallest absolute Gasteiger partial charge is 0.340 e. The lowest BCUT2D eigenvalue weighted by atomic mass is 9.86. The van der Waals surface area contributed by atoms with E-state index < -0.39 is 5.97 Å². The summed E-state index contributed by atoms with van der Waals surface area (Å²) in [5.74, 6) is 2.74. The molecule has 1 aromatic carbocycles. The number of terminal acetylenes is 1. The number of furan rings is 1. The summed E-state index contributed by atoms with van der Waals surface area (Å²) in [7, 11) is 0. The summed E-state index contributed by atoms with van der Waals surface area (Å²) in [6.45, 7) is -0.0423. The number of carbonyl (C=O) groups excluding carboxylic acids is 1. The van der Waals surface area contributed by atoms with Crippen molar-refractivity contribution in [3.8, 4) is 12.3 Å². The zero-order chi connectivity index (χ0) is 17.9. The van der Waals surface area contributed by atoms with Crippen molar-refractivity contribution in [2.45, 2.75) is 19.3 Å². The second-order valence-electron chi connectivity index (χ2n) is 6.15. The Balaban J connectivity index is 1.93. The lowest BCUT2D eigenvalue weighted by molar-refractivity contribution is 0.0557. The molecule has 4 rings (SSSR count). The Morgan fingerprint density at radius 3 is 2.96 bits per heavy atom. The fraction of sp³-hybridized carbons (Fsp3) is 0.182. The minimum atomic E-state index is -0.392. The first-order chi connectivity index (χ1) is 12.8. The molecule has 0 saturated carbocycles. The summed E-state index contributed by atoms with van der Waals surface area (Å²) in [6, 6.07) is 11.4. The number of esters is 1. The van der Waals surface area contributed by atoms with Crippen LogP contribution in [0.1, 0.15) is 40.2 Å². The minimum Gasteiger partial charge on any atom is -0.465 e.